The maximum atomic E-state index is 14.1. The summed E-state index contributed by atoms with van der Waals surface area (Å²) in [5, 5.41) is 12.4. The second-order valence-electron chi connectivity index (χ2n) is 7.60. The van der Waals surface area contributed by atoms with Crippen LogP contribution in [0.15, 0.2) is 54.6 Å². The van der Waals surface area contributed by atoms with E-state index in [0.717, 1.165) is 48.8 Å². The summed E-state index contributed by atoms with van der Waals surface area (Å²) in [5.41, 5.74) is 2.31. The highest BCUT2D eigenvalue weighted by atomic mass is 19.1. The summed E-state index contributed by atoms with van der Waals surface area (Å²) in [5.74, 6) is 2.06. The zero-order valence-corrected chi connectivity index (χ0v) is 17.8. The van der Waals surface area contributed by atoms with Crippen molar-refractivity contribution in [3.8, 4) is 22.8 Å². The van der Waals surface area contributed by atoms with Crippen molar-refractivity contribution < 1.29 is 13.9 Å². The van der Waals surface area contributed by atoms with Gasteiger partial charge in [-0.25, -0.2) is 4.39 Å². The van der Waals surface area contributed by atoms with E-state index >= 15 is 0 Å². The van der Waals surface area contributed by atoms with Crippen LogP contribution in [0.3, 0.4) is 0 Å². The SMILES string of the molecule is COc1ccc(F)c(CNC2CCCN(c3ccc(-c4ccccc4OC)nn3)C2)c1. The van der Waals surface area contributed by atoms with Crippen molar-refractivity contribution in [2.75, 3.05) is 32.2 Å². The average Bonchev–Trinajstić information content (AvgIpc) is 2.84. The number of nitrogens with zero attached hydrogens (tertiary/aromatic N) is 3. The van der Waals surface area contributed by atoms with E-state index in [1.165, 1.54) is 6.07 Å². The Labute approximate surface area is 182 Å². The van der Waals surface area contributed by atoms with Gasteiger partial charge in [0.1, 0.15) is 17.3 Å². The van der Waals surface area contributed by atoms with Gasteiger partial charge in [0, 0.05) is 36.8 Å². The zero-order chi connectivity index (χ0) is 21.6. The standard InChI is InChI=1S/C24H27FN4O2/c1-30-19-9-10-21(25)17(14-19)15-26-18-6-5-13-29(16-18)24-12-11-22(27-28-24)20-7-3-4-8-23(20)31-2/h3-4,7-12,14,18,26H,5-6,13,15-16H2,1-2H3. The summed E-state index contributed by atoms with van der Waals surface area (Å²) in [7, 11) is 3.24. The molecule has 0 bridgehead atoms. The number of aromatic nitrogens is 2. The molecule has 1 saturated heterocycles. The first-order valence-corrected chi connectivity index (χ1v) is 10.5. The average molecular weight is 423 g/mol. The van der Waals surface area contributed by atoms with Gasteiger partial charge in [0.25, 0.3) is 0 Å². The number of nitrogens with one attached hydrogen (secondary N) is 1. The van der Waals surface area contributed by atoms with Gasteiger partial charge in [-0.15, -0.1) is 10.2 Å². The molecule has 3 aromatic rings. The fourth-order valence-corrected chi connectivity index (χ4v) is 3.91. The van der Waals surface area contributed by atoms with Gasteiger partial charge in [0.15, 0.2) is 5.82 Å². The molecular weight excluding hydrogens is 395 g/mol. The lowest BCUT2D eigenvalue weighted by Crippen LogP contribution is -2.46. The Morgan fingerprint density at radius 2 is 1.94 bits per heavy atom. The highest BCUT2D eigenvalue weighted by Gasteiger charge is 2.21. The van der Waals surface area contributed by atoms with Crippen molar-refractivity contribution in [3.05, 3.63) is 66.0 Å². The van der Waals surface area contributed by atoms with Gasteiger partial charge in [-0.2, -0.15) is 0 Å². The zero-order valence-electron chi connectivity index (χ0n) is 17.8. The Morgan fingerprint density at radius 3 is 2.71 bits per heavy atom. The van der Waals surface area contributed by atoms with Gasteiger partial charge in [-0.3, -0.25) is 0 Å². The van der Waals surface area contributed by atoms with Crippen LogP contribution in [0.2, 0.25) is 0 Å². The van der Waals surface area contributed by atoms with Gasteiger partial charge < -0.3 is 19.7 Å². The molecule has 0 spiro atoms. The highest BCUT2D eigenvalue weighted by Crippen LogP contribution is 2.28. The van der Waals surface area contributed by atoms with E-state index < -0.39 is 0 Å². The van der Waals surface area contributed by atoms with E-state index in [-0.39, 0.29) is 11.9 Å². The number of hydrogen-bond acceptors (Lipinski definition) is 6. The van der Waals surface area contributed by atoms with Crippen molar-refractivity contribution in [1.29, 1.82) is 0 Å². The Bertz CT molecular complexity index is 1010. The maximum Gasteiger partial charge on any atom is 0.151 e. The van der Waals surface area contributed by atoms with Crippen LogP contribution in [0.1, 0.15) is 18.4 Å². The first kappa shape index (κ1) is 21.1. The summed E-state index contributed by atoms with van der Waals surface area (Å²) < 4.78 is 24.7. The van der Waals surface area contributed by atoms with Crippen molar-refractivity contribution in [2.45, 2.75) is 25.4 Å². The second kappa shape index (κ2) is 9.75. The van der Waals surface area contributed by atoms with E-state index in [4.69, 9.17) is 9.47 Å². The molecule has 0 radical (unpaired) electrons. The largest absolute Gasteiger partial charge is 0.497 e. The number of benzene rings is 2. The number of rotatable bonds is 7. The lowest BCUT2D eigenvalue weighted by atomic mass is 10.0. The predicted octanol–water partition coefficient (Wildman–Crippen LogP) is 4.06. The number of methoxy groups -OCH3 is 2. The van der Waals surface area contributed by atoms with E-state index in [9.17, 15) is 4.39 Å². The molecule has 162 valence electrons. The minimum atomic E-state index is -0.223. The number of piperidine rings is 1. The van der Waals surface area contributed by atoms with Crippen molar-refractivity contribution in [2.24, 2.45) is 0 Å². The van der Waals surface area contributed by atoms with Gasteiger partial charge in [0.05, 0.1) is 19.9 Å². The summed E-state index contributed by atoms with van der Waals surface area (Å²) in [4.78, 5) is 2.22. The fraction of sp³-hybridized carbons (Fsp3) is 0.333. The molecule has 0 saturated carbocycles. The third-order valence-corrected chi connectivity index (χ3v) is 5.61. The number of hydrogen-bond donors (Lipinski definition) is 1. The van der Waals surface area contributed by atoms with E-state index in [2.05, 4.69) is 20.4 Å². The molecule has 1 fully saturated rings. The van der Waals surface area contributed by atoms with Crippen LogP contribution in [0, 0.1) is 5.82 Å². The van der Waals surface area contributed by atoms with Crippen LogP contribution in [0.4, 0.5) is 10.2 Å². The maximum absolute atomic E-state index is 14.1. The van der Waals surface area contributed by atoms with Crippen LogP contribution >= 0.6 is 0 Å². The Balaban J connectivity index is 1.40. The minimum absolute atomic E-state index is 0.223. The van der Waals surface area contributed by atoms with E-state index in [0.29, 0.717) is 17.9 Å². The summed E-state index contributed by atoms with van der Waals surface area (Å²) in [6.07, 6.45) is 2.07. The van der Waals surface area contributed by atoms with E-state index in [1.807, 2.05) is 36.4 Å². The third kappa shape index (κ3) is 4.94. The molecule has 1 aliphatic rings. The number of ether oxygens (including phenoxy) is 2. The molecule has 7 heteroatoms. The highest BCUT2D eigenvalue weighted by molar-refractivity contribution is 5.67. The topological polar surface area (TPSA) is 59.5 Å². The van der Waals surface area contributed by atoms with Crippen molar-refractivity contribution in [1.82, 2.24) is 15.5 Å². The van der Waals surface area contributed by atoms with Crippen molar-refractivity contribution in [3.63, 3.8) is 0 Å². The smallest absolute Gasteiger partial charge is 0.151 e. The number of anilines is 1. The first-order chi connectivity index (χ1) is 15.2. The van der Waals surface area contributed by atoms with Crippen LogP contribution in [-0.2, 0) is 6.54 Å². The molecule has 6 nitrogen and oxygen atoms in total. The summed E-state index contributed by atoms with van der Waals surface area (Å²) in [6, 6.07) is 16.8. The van der Waals surface area contributed by atoms with Crippen molar-refractivity contribution >= 4 is 5.82 Å². The second-order valence-corrected chi connectivity index (χ2v) is 7.60. The molecule has 1 unspecified atom stereocenters. The van der Waals surface area contributed by atoms with Gasteiger partial charge in [0.2, 0.25) is 0 Å². The molecule has 2 heterocycles. The number of para-hydroxylation sites is 1. The molecular formula is C24H27FN4O2. The van der Waals surface area contributed by atoms with Crippen LogP contribution < -0.4 is 19.7 Å². The predicted molar refractivity (Wildman–Crippen MR) is 119 cm³/mol. The minimum Gasteiger partial charge on any atom is -0.497 e. The van der Waals surface area contributed by atoms with Crippen LogP contribution in [0.25, 0.3) is 11.3 Å². The quantitative estimate of drug-likeness (QED) is 0.620. The molecule has 1 aromatic heterocycles. The monoisotopic (exact) mass is 422 g/mol. The lowest BCUT2D eigenvalue weighted by Gasteiger charge is -2.34. The van der Waals surface area contributed by atoms with Crippen LogP contribution in [0.5, 0.6) is 11.5 Å². The molecule has 0 aliphatic carbocycles. The summed E-state index contributed by atoms with van der Waals surface area (Å²) >= 11 is 0. The molecule has 31 heavy (non-hydrogen) atoms. The van der Waals surface area contributed by atoms with E-state index in [1.54, 1.807) is 26.4 Å². The lowest BCUT2D eigenvalue weighted by molar-refractivity contribution is 0.405. The molecule has 2 aromatic carbocycles. The Morgan fingerprint density at radius 1 is 1.06 bits per heavy atom. The van der Waals surface area contributed by atoms with Gasteiger partial charge in [-0.1, -0.05) is 12.1 Å². The fourth-order valence-electron chi connectivity index (χ4n) is 3.91. The van der Waals surface area contributed by atoms with Gasteiger partial charge >= 0.3 is 0 Å². The molecule has 1 atom stereocenters. The third-order valence-electron chi connectivity index (χ3n) is 5.61. The normalized spacial score (nSPS) is 16.2. The number of halogens is 1. The summed E-state index contributed by atoms with van der Waals surface area (Å²) in [6.45, 7) is 2.18. The van der Waals surface area contributed by atoms with Crippen LogP contribution in [-0.4, -0.2) is 43.5 Å². The molecule has 1 aliphatic heterocycles. The Hall–Kier alpha value is -3.19. The molecule has 1 N–H and O–H groups in total. The molecule has 0 amide bonds. The van der Waals surface area contributed by atoms with Gasteiger partial charge in [-0.05, 0) is 55.3 Å². The first-order valence-electron chi connectivity index (χ1n) is 10.5. The molecule has 4 rings (SSSR count). The Kier molecular flexibility index (Phi) is 6.62.